The molecular formula is C21H34NO5P. The first-order valence-electron chi connectivity index (χ1n) is 9.79. The average molecular weight is 411 g/mol. The molecule has 158 valence electrons. The van der Waals surface area contributed by atoms with Crippen molar-refractivity contribution in [1.29, 1.82) is 0 Å². The van der Waals surface area contributed by atoms with Crippen LogP contribution in [0.2, 0.25) is 0 Å². The van der Waals surface area contributed by atoms with Gasteiger partial charge in [0.1, 0.15) is 0 Å². The molecule has 1 amide bonds. The third-order valence-electron chi connectivity index (χ3n) is 5.46. The molecule has 1 aromatic rings. The largest absolute Gasteiger partial charge is 0.346 e. The van der Waals surface area contributed by atoms with E-state index in [1.54, 1.807) is 26.8 Å². The number of hydroxylamine groups is 1. The normalized spacial score (nSPS) is 14.3. The summed E-state index contributed by atoms with van der Waals surface area (Å²) in [5.74, 6) is -0.544. The second-order valence-electron chi connectivity index (χ2n) is 6.68. The van der Waals surface area contributed by atoms with Gasteiger partial charge in [0.15, 0.2) is 5.16 Å². The molecule has 1 rings (SSSR count). The summed E-state index contributed by atoms with van der Waals surface area (Å²) in [5, 5.41) is -1.51. The number of amides is 1. The Bertz CT molecular complexity index is 665. The number of nitrogens with one attached hydrogen (secondary N) is 1. The highest BCUT2D eigenvalue weighted by atomic mass is 31.2. The summed E-state index contributed by atoms with van der Waals surface area (Å²) in [6.07, 6.45) is 2.77. The van der Waals surface area contributed by atoms with Gasteiger partial charge in [-0.25, -0.2) is 5.48 Å². The Kier molecular flexibility index (Phi) is 9.58. The number of benzene rings is 1. The van der Waals surface area contributed by atoms with Gasteiger partial charge in [0.2, 0.25) is 0 Å². The third-order valence-corrected chi connectivity index (χ3v) is 8.40. The van der Waals surface area contributed by atoms with Crippen LogP contribution in [0.15, 0.2) is 43.0 Å². The van der Waals surface area contributed by atoms with Crippen LogP contribution in [0.25, 0.3) is 0 Å². The van der Waals surface area contributed by atoms with E-state index in [9.17, 15) is 9.36 Å². The van der Waals surface area contributed by atoms with E-state index in [2.05, 4.69) is 12.1 Å². The van der Waals surface area contributed by atoms with E-state index in [-0.39, 0.29) is 19.8 Å². The average Bonchev–Trinajstić information content (AvgIpc) is 2.70. The molecule has 1 unspecified atom stereocenters. The van der Waals surface area contributed by atoms with Crippen LogP contribution in [0.5, 0.6) is 0 Å². The SMILES string of the molecule is C=CC(CC)(CC)C(C)(C(=O)NOCc1ccccc1)P(=O)(OCC)OCC. The van der Waals surface area contributed by atoms with Crippen molar-refractivity contribution in [1.82, 2.24) is 5.48 Å². The molecule has 1 aromatic carbocycles. The van der Waals surface area contributed by atoms with Crippen molar-refractivity contribution in [2.75, 3.05) is 13.2 Å². The molecule has 0 fully saturated rings. The van der Waals surface area contributed by atoms with Crippen LogP contribution in [0.4, 0.5) is 0 Å². The zero-order valence-electron chi connectivity index (χ0n) is 17.7. The van der Waals surface area contributed by atoms with Gasteiger partial charge in [-0.1, -0.05) is 50.3 Å². The highest BCUT2D eigenvalue weighted by Crippen LogP contribution is 2.68. The number of hydrogen-bond donors (Lipinski definition) is 1. The Morgan fingerprint density at radius 3 is 2.07 bits per heavy atom. The van der Waals surface area contributed by atoms with Gasteiger partial charge in [0, 0.05) is 5.41 Å². The van der Waals surface area contributed by atoms with Crippen LogP contribution < -0.4 is 5.48 Å². The molecule has 0 aliphatic carbocycles. The van der Waals surface area contributed by atoms with Crippen LogP contribution in [-0.4, -0.2) is 24.3 Å². The van der Waals surface area contributed by atoms with E-state index >= 15 is 0 Å². The first kappa shape index (κ1) is 24.6. The van der Waals surface area contributed by atoms with Gasteiger partial charge in [-0.05, 0) is 39.2 Å². The summed E-state index contributed by atoms with van der Waals surface area (Å²) < 4.78 is 25.0. The van der Waals surface area contributed by atoms with Crippen molar-refractivity contribution >= 4 is 13.5 Å². The molecular weight excluding hydrogens is 377 g/mol. The lowest BCUT2D eigenvalue weighted by atomic mass is 9.71. The molecule has 0 aliphatic rings. The Morgan fingerprint density at radius 2 is 1.64 bits per heavy atom. The second kappa shape index (κ2) is 10.9. The topological polar surface area (TPSA) is 73.9 Å². The summed E-state index contributed by atoms with van der Waals surface area (Å²) in [5.41, 5.74) is 2.59. The Labute approximate surface area is 169 Å². The summed E-state index contributed by atoms with van der Waals surface area (Å²) >= 11 is 0. The van der Waals surface area contributed by atoms with E-state index < -0.39 is 24.1 Å². The number of hydrogen-bond acceptors (Lipinski definition) is 5. The maximum Gasteiger partial charge on any atom is 0.346 e. The van der Waals surface area contributed by atoms with Crippen LogP contribution in [0.3, 0.4) is 0 Å². The van der Waals surface area contributed by atoms with Crippen molar-refractivity contribution in [3.63, 3.8) is 0 Å². The van der Waals surface area contributed by atoms with E-state index in [4.69, 9.17) is 13.9 Å². The van der Waals surface area contributed by atoms with E-state index in [0.29, 0.717) is 12.8 Å². The lowest BCUT2D eigenvalue weighted by Crippen LogP contribution is -2.55. The molecule has 0 saturated heterocycles. The monoisotopic (exact) mass is 411 g/mol. The maximum atomic E-state index is 13.8. The number of carbonyl (C=O) groups is 1. The molecule has 0 saturated carbocycles. The Hall–Kier alpha value is -1.46. The number of allylic oxidation sites excluding steroid dienone is 1. The van der Waals surface area contributed by atoms with Crippen molar-refractivity contribution in [3.8, 4) is 0 Å². The standard InChI is InChI=1S/C21H34NO5P/c1-7-21(8-2,9-3)20(6,28(24,26-10-4)27-11-5)19(23)22-25-17-18-15-13-12-14-16-18/h7,12-16H,1,8-11,17H2,2-6H3,(H,22,23). The lowest BCUT2D eigenvalue weighted by Gasteiger charge is -2.47. The van der Waals surface area contributed by atoms with Gasteiger partial charge >= 0.3 is 7.60 Å². The molecule has 28 heavy (non-hydrogen) atoms. The summed E-state index contributed by atoms with van der Waals surface area (Å²) in [4.78, 5) is 18.8. The molecule has 0 aromatic heterocycles. The molecule has 1 atom stereocenters. The highest BCUT2D eigenvalue weighted by Gasteiger charge is 2.63. The Morgan fingerprint density at radius 1 is 1.11 bits per heavy atom. The minimum absolute atomic E-state index is 0.158. The summed E-state index contributed by atoms with van der Waals surface area (Å²) in [6.45, 7) is 13.4. The van der Waals surface area contributed by atoms with Crippen molar-refractivity contribution < 1.29 is 23.2 Å². The van der Waals surface area contributed by atoms with Gasteiger partial charge in [-0.3, -0.25) is 14.2 Å². The van der Waals surface area contributed by atoms with Crippen molar-refractivity contribution in [2.24, 2.45) is 5.41 Å². The maximum absolute atomic E-state index is 13.8. The van der Waals surface area contributed by atoms with Gasteiger partial charge in [0.25, 0.3) is 5.91 Å². The summed E-state index contributed by atoms with van der Waals surface area (Å²) in [6, 6.07) is 9.46. The van der Waals surface area contributed by atoms with Crippen molar-refractivity contribution in [2.45, 2.75) is 59.2 Å². The smallest absolute Gasteiger partial charge is 0.308 e. The fraction of sp³-hybridized carbons (Fsp3) is 0.571. The highest BCUT2D eigenvalue weighted by molar-refractivity contribution is 7.57. The fourth-order valence-electron chi connectivity index (χ4n) is 3.54. The Balaban J connectivity index is 3.26. The molecule has 1 N–H and O–H groups in total. The minimum atomic E-state index is -3.84. The third kappa shape index (κ3) is 4.74. The van der Waals surface area contributed by atoms with E-state index in [1.165, 1.54) is 0 Å². The molecule has 0 radical (unpaired) electrons. The molecule has 0 aliphatic heterocycles. The molecule has 0 spiro atoms. The van der Waals surface area contributed by atoms with E-state index in [1.807, 2.05) is 44.2 Å². The zero-order chi connectivity index (χ0) is 21.3. The van der Waals surface area contributed by atoms with Crippen LogP contribution >= 0.6 is 7.60 Å². The van der Waals surface area contributed by atoms with Gasteiger partial charge < -0.3 is 9.05 Å². The fourth-order valence-corrected chi connectivity index (χ4v) is 6.06. The first-order chi connectivity index (χ1) is 13.3. The second-order valence-corrected chi connectivity index (χ2v) is 9.08. The van der Waals surface area contributed by atoms with Crippen LogP contribution in [-0.2, 0) is 29.9 Å². The quantitative estimate of drug-likeness (QED) is 0.273. The molecule has 7 heteroatoms. The molecule has 0 heterocycles. The predicted molar refractivity (Wildman–Crippen MR) is 112 cm³/mol. The van der Waals surface area contributed by atoms with Gasteiger partial charge in [-0.15, -0.1) is 6.58 Å². The van der Waals surface area contributed by atoms with Crippen LogP contribution in [0.1, 0.15) is 53.0 Å². The zero-order valence-corrected chi connectivity index (χ0v) is 18.6. The van der Waals surface area contributed by atoms with Gasteiger partial charge in [-0.2, -0.15) is 0 Å². The minimum Gasteiger partial charge on any atom is -0.308 e. The predicted octanol–water partition coefficient (Wildman–Crippen LogP) is 5.25. The van der Waals surface area contributed by atoms with Crippen LogP contribution in [0, 0.1) is 5.41 Å². The van der Waals surface area contributed by atoms with Crippen molar-refractivity contribution in [3.05, 3.63) is 48.6 Å². The lowest BCUT2D eigenvalue weighted by molar-refractivity contribution is -0.140. The number of rotatable bonds is 13. The number of carbonyl (C=O) groups excluding carboxylic acids is 1. The molecule has 0 bridgehead atoms. The van der Waals surface area contributed by atoms with E-state index in [0.717, 1.165) is 5.56 Å². The molecule has 6 nitrogen and oxygen atoms in total. The first-order valence-corrected chi connectivity index (χ1v) is 11.3. The summed E-state index contributed by atoms with van der Waals surface area (Å²) in [7, 11) is -3.84. The van der Waals surface area contributed by atoms with Gasteiger partial charge in [0.05, 0.1) is 19.8 Å².